The first-order valence-corrected chi connectivity index (χ1v) is 5.88. The summed E-state index contributed by atoms with van der Waals surface area (Å²) in [5.41, 5.74) is 0.808. The molecule has 0 amide bonds. The Hall–Kier alpha value is -1.69. The van der Waals surface area contributed by atoms with Gasteiger partial charge in [0, 0.05) is 12.6 Å². The van der Waals surface area contributed by atoms with Crippen LogP contribution in [-0.4, -0.2) is 26.2 Å². The van der Waals surface area contributed by atoms with Gasteiger partial charge < -0.3 is 14.8 Å². The Kier molecular flexibility index (Phi) is 6.21. The number of alkyl halides is 2. The summed E-state index contributed by atoms with van der Waals surface area (Å²) in [5.74, 6) is -0.177. The molecule has 0 aliphatic rings. The van der Waals surface area contributed by atoms with Crippen LogP contribution in [0.3, 0.4) is 0 Å². The maximum Gasteiger partial charge on any atom is 0.387 e. The number of halogens is 2. The number of benzene rings is 1. The molecule has 1 aromatic carbocycles. The van der Waals surface area contributed by atoms with Gasteiger partial charge in [0.2, 0.25) is 0 Å². The Morgan fingerprint density at radius 2 is 2.16 bits per heavy atom. The van der Waals surface area contributed by atoms with Crippen molar-refractivity contribution < 1.29 is 23.0 Å². The molecule has 0 saturated heterocycles. The topological polar surface area (TPSA) is 47.6 Å². The number of rotatable bonds is 7. The molecule has 0 fully saturated rings. The van der Waals surface area contributed by atoms with Gasteiger partial charge in [0.1, 0.15) is 5.75 Å². The lowest BCUT2D eigenvalue weighted by Crippen LogP contribution is -2.22. The van der Waals surface area contributed by atoms with Crippen LogP contribution in [0.2, 0.25) is 0 Å². The predicted molar refractivity (Wildman–Crippen MR) is 66.1 cm³/mol. The molecule has 0 radical (unpaired) electrons. The molecule has 1 rings (SSSR count). The largest absolute Gasteiger partial charge is 0.469 e. The predicted octanol–water partition coefficient (Wildman–Crippen LogP) is 2.50. The molecule has 1 N–H and O–H groups in total. The summed E-state index contributed by atoms with van der Waals surface area (Å²) in [6.07, 6.45) is 0.258. The van der Waals surface area contributed by atoms with Crippen molar-refractivity contribution in [3.63, 3.8) is 0 Å². The molecule has 1 atom stereocenters. The third kappa shape index (κ3) is 5.65. The summed E-state index contributed by atoms with van der Waals surface area (Å²) in [6.45, 7) is -0.509. The fraction of sp³-hybridized carbons (Fsp3) is 0.462. The van der Waals surface area contributed by atoms with Crippen LogP contribution >= 0.6 is 0 Å². The number of methoxy groups -OCH3 is 1. The van der Waals surface area contributed by atoms with Gasteiger partial charge in [-0.25, -0.2) is 0 Å². The molecule has 1 unspecified atom stereocenters. The normalized spacial score (nSPS) is 12.3. The van der Waals surface area contributed by atoms with Crippen LogP contribution in [0.1, 0.15) is 24.9 Å². The van der Waals surface area contributed by atoms with Crippen molar-refractivity contribution >= 4 is 5.97 Å². The Bertz CT molecular complexity index is 413. The SMILES string of the molecule is COC(=O)CCNC(C)c1cccc(OC(F)F)c1. The standard InChI is InChI=1S/C13H17F2NO3/c1-9(16-7-6-12(17)18-2)10-4-3-5-11(8-10)19-13(14)15/h3-5,8-9,13,16H,6-7H2,1-2H3. The minimum Gasteiger partial charge on any atom is -0.469 e. The third-order valence-electron chi connectivity index (χ3n) is 2.59. The minimum absolute atomic E-state index is 0.0779. The molecular weight excluding hydrogens is 256 g/mol. The lowest BCUT2D eigenvalue weighted by atomic mass is 10.1. The van der Waals surface area contributed by atoms with E-state index in [9.17, 15) is 13.6 Å². The summed E-state index contributed by atoms with van der Waals surface area (Å²) >= 11 is 0. The fourth-order valence-electron chi connectivity index (χ4n) is 1.57. The van der Waals surface area contributed by atoms with Gasteiger partial charge in [-0.05, 0) is 24.6 Å². The number of ether oxygens (including phenoxy) is 2. The average molecular weight is 273 g/mol. The molecule has 6 heteroatoms. The highest BCUT2D eigenvalue weighted by Crippen LogP contribution is 2.20. The van der Waals surface area contributed by atoms with Crippen LogP contribution in [0.25, 0.3) is 0 Å². The second-order valence-electron chi connectivity index (χ2n) is 3.95. The number of hydrogen-bond donors (Lipinski definition) is 1. The monoisotopic (exact) mass is 273 g/mol. The van der Waals surface area contributed by atoms with Crippen LogP contribution in [0.5, 0.6) is 5.75 Å². The van der Waals surface area contributed by atoms with E-state index in [1.807, 2.05) is 6.92 Å². The fourth-order valence-corrected chi connectivity index (χ4v) is 1.57. The van der Waals surface area contributed by atoms with E-state index in [0.717, 1.165) is 5.56 Å². The molecule has 0 aliphatic carbocycles. The van der Waals surface area contributed by atoms with Crippen molar-refractivity contribution in [2.45, 2.75) is 26.0 Å². The van der Waals surface area contributed by atoms with E-state index in [1.165, 1.54) is 13.2 Å². The molecule has 4 nitrogen and oxygen atoms in total. The first-order chi connectivity index (χ1) is 9.02. The zero-order chi connectivity index (χ0) is 14.3. The highest BCUT2D eigenvalue weighted by Gasteiger charge is 2.09. The Morgan fingerprint density at radius 3 is 2.79 bits per heavy atom. The van der Waals surface area contributed by atoms with Gasteiger partial charge in [0.05, 0.1) is 13.5 Å². The lowest BCUT2D eigenvalue weighted by molar-refractivity contribution is -0.140. The summed E-state index contributed by atoms with van der Waals surface area (Å²) < 4.78 is 33.0. The minimum atomic E-state index is -2.84. The summed E-state index contributed by atoms with van der Waals surface area (Å²) in [7, 11) is 1.33. The maximum absolute atomic E-state index is 12.1. The zero-order valence-electron chi connectivity index (χ0n) is 10.9. The summed E-state index contributed by atoms with van der Waals surface area (Å²) in [5, 5.41) is 3.10. The third-order valence-corrected chi connectivity index (χ3v) is 2.59. The summed E-state index contributed by atoms with van der Waals surface area (Å²) in [6, 6.07) is 6.38. The van der Waals surface area contributed by atoms with Crippen molar-refractivity contribution in [2.75, 3.05) is 13.7 Å². The van der Waals surface area contributed by atoms with Crippen LogP contribution in [0.15, 0.2) is 24.3 Å². The van der Waals surface area contributed by atoms with Gasteiger partial charge in [0.15, 0.2) is 0 Å². The van der Waals surface area contributed by atoms with E-state index in [4.69, 9.17) is 0 Å². The number of carbonyl (C=O) groups is 1. The van der Waals surface area contributed by atoms with E-state index in [2.05, 4.69) is 14.8 Å². The van der Waals surface area contributed by atoms with E-state index in [0.29, 0.717) is 6.54 Å². The van der Waals surface area contributed by atoms with E-state index in [-0.39, 0.29) is 24.2 Å². The van der Waals surface area contributed by atoms with Gasteiger partial charge >= 0.3 is 12.6 Å². The Morgan fingerprint density at radius 1 is 1.42 bits per heavy atom. The van der Waals surface area contributed by atoms with E-state index < -0.39 is 6.61 Å². The van der Waals surface area contributed by atoms with Crippen molar-refractivity contribution in [3.05, 3.63) is 29.8 Å². The number of carbonyl (C=O) groups excluding carboxylic acids is 1. The molecule has 1 aromatic rings. The van der Waals surface area contributed by atoms with Crippen LogP contribution in [0, 0.1) is 0 Å². The van der Waals surface area contributed by atoms with Gasteiger partial charge in [0.25, 0.3) is 0 Å². The van der Waals surface area contributed by atoms with Crippen molar-refractivity contribution in [2.24, 2.45) is 0 Å². The molecule has 0 heterocycles. The molecule has 0 aliphatic heterocycles. The number of hydrogen-bond acceptors (Lipinski definition) is 4. The maximum atomic E-state index is 12.1. The quantitative estimate of drug-likeness (QED) is 0.775. The second kappa shape index (κ2) is 7.68. The molecular formula is C13H17F2NO3. The van der Waals surface area contributed by atoms with Gasteiger partial charge in [-0.3, -0.25) is 4.79 Å². The van der Waals surface area contributed by atoms with Crippen LogP contribution in [-0.2, 0) is 9.53 Å². The average Bonchev–Trinajstić information content (AvgIpc) is 2.37. The summed E-state index contributed by atoms with van der Waals surface area (Å²) in [4.78, 5) is 10.9. The highest BCUT2D eigenvalue weighted by atomic mass is 19.3. The van der Waals surface area contributed by atoms with E-state index >= 15 is 0 Å². The smallest absolute Gasteiger partial charge is 0.387 e. The van der Waals surface area contributed by atoms with Crippen LogP contribution < -0.4 is 10.1 Å². The first kappa shape index (κ1) is 15.4. The highest BCUT2D eigenvalue weighted by molar-refractivity contribution is 5.69. The van der Waals surface area contributed by atoms with E-state index in [1.54, 1.807) is 18.2 Å². The molecule has 19 heavy (non-hydrogen) atoms. The molecule has 0 bridgehead atoms. The molecule has 0 saturated carbocycles. The van der Waals surface area contributed by atoms with Gasteiger partial charge in [-0.2, -0.15) is 8.78 Å². The molecule has 106 valence electrons. The Balaban J connectivity index is 2.51. The van der Waals surface area contributed by atoms with Crippen molar-refractivity contribution in [3.8, 4) is 5.75 Å². The lowest BCUT2D eigenvalue weighted by Gasteiger charge is -2.15. The second-order valence-corrected chi connectivity index (χ2v) is 3.95. The Labute approximate surface area is 110 Å². The van der Waals surface area contributed by atoms with Crippen molar-refractivity contribution in [1.29, 1.82) is 0 Å². The van der Waals surface area contributed by atoms with Crippen LogP contribution in [0.4, 0.5) is 8.78 Å². The molecule has 0 aromatic heterocycles. The van der Waals surface area contributed by atoms with Crippen molar-refractivity contribution in [1.82, 2.24) is 5.32 Å². The molecule has 0 spiro atoms. The number of esters is 1. The zero-order valence-corrected chi connectivity index (χ0v) is 10.9. The first-order valence-electron chi connectivity index (χ1n) is 5.88. The van der Waals surface area contributed by atoms with Gasteiger partial charge in [-0.15, -0.1) is 0 Å². The van der Waals surface area contributed by atoms with Gasteiger partial charge in [-0.1, -0.05) is 12.1 Å². The number of nitrogens with one attached hydrogen (secondary N) is 1.